The molecular weight excluding hydrogens is 176 g/mol. The fourth-order valence-electron chi connectivity index (χ4n) is 1.71. The first-order valence-corrected chi connectivity index (χ1v) is 4.49. The van der Waals surface area contributed by atoms with Crippen LogP contribution in [0.2, 0.25) is 0 Å². The molecule has 0 N–H and O–H groups in total. The summed E-state index contributed by atoms with van der Waals surface area (Å²) in [7, 11) is 0. The number of fused-ring (bicyclic) bond motifs is 3. The second-order valence-electron chi connectivity index (χ2n) is 3.24. The Labute approximate surface area is 81.1 Å². The summed E-state index contributed by atoms with van der Waals surface area (Å²) in [5, 5.41) is 3.94. The molecule has 1 aromatic heterocycles. The fourth-order valence-corrected chi connectivity index (χ4v) is 1.71. The lowest BCUT2D eigenvalue weighted by molar-refractivity contribution is 0.413. The molecule has 14 heavy (non-hydrogen) atoms. The molecule has 0 saturated heterocycles. The summed E-state index contributed by atoms with van der Waals surface area (Å²) in [5.41, 5.74) is 4.34. The third-order valence-corrected chi connectivity index (χ3v) is 2.41. The van der Waals surface area contributed by atoms with Crippen LogP contribution >= 0.6 is 0 Å². The number of hydrogen-bond acceptors (Lipinski definition) is 3. The number of aliphatic imine (C=N–C) groups is 1. The van der Waals surface area contributed by atoms with Crippen LogP contribution in [0.1, 0.15) is 11.3 Å². The van der Waals surface area contributed by atoms with Crippen LogP contribution < -0.4 is 0 Å². The van der Waals surface area contributed by atoms with Crippen LogP contribution in [0.15, 0.2) is 45.8 Å². The van der Waals surface area contributed by atoms with Gasteiger partial charge in [-0.15, -0.1) is 0 Å². The van der Waals surface area contributed by atoms with E-state index < -0.39 is 0 Å². The van der Waals surface area contributed by atoms with Crippen molar-refractivity contribution in [2.45, 2.75) is 6.42 Å². The van der Waals surface area contributed by atoms with Crippen molar-refractivity contribution in [3.63, 3.8) is 0 Å². The molecule has 0 amide bonds. The van der Waals surface area contributed by atoms with Gasteiger partial charge < -0.3 is 4.52 Å². The molecule has 0 bridgehead atoms. The molecule has 3 rings (SSSR count). The molecule has 1 aliphatic heterocycles. The normalized spacial score (nSPS) is 18.0. The van der Waals surface area contributed by atoms with Crippen LogP contribution in [-0.4, -0.2) is 11.4 Å². The summed E-state index contributed by atoms with van der Waals surface area (Å²) >= 11 is 0. The maximum Gasteiger partial charge on any atom is 0.132 e. The molecule has 1 aromatic rings. The minimum Gasteiger partial charge on any atom is -0.364 e. The molecule has 2 aliphatic rings. The summed E-state index contributed by atoms with van der Waals surface area (Å²) < 4.78 is 4.96. The van der Waals surface area contributed by atoms with Crippen molar-refractivity contribution < 1.29 is 4.52 Å². The van der Waals surface area contributed by atoms with Crippen molar-refractivity contribution in [3.05, 3.63) is 47.5 Å². The monoisotopic (exact) mass is 184 g/mol. The van der Waals surface area contributed by atoms with Gasteiger partial charge in [-0.3, -0.25) is 4.99 Å². The van der Waals surface area contributed by atoms with Crippen LogP contribution in [0.25, 0.3) is 5.57 Å². The van der Waals surface area contributed by atoms with Gasteiger partial charge in [0.25, 0.3) is 0 Å². The molecule has 2 heterocycles. The average molecular weight is 184 g/mol. The molecule has 0 radical (unpaired) electrons. The Bertz CT molecular complexity index is 489. The molecule has 0 atom stereocenters. The van der Waals surface area contributed by atoms with Crippen molar-refractivity contribution in [2.75, 3.05) is 0 Å². The van der Waals surface area contributed by atoms with E-state index >= 15 is 0 Å². The number of allylic oxidation sites excluding steroid dienone is 5. The van der Waals surface area contributed by atoms with Crippen molar-refractivity contribution >= 4 is 11.8 Å². The minimum atomic E-state index is 0.836. The van der Waals surface area contributed by atoms with E-state index in [0.717, 1.165) is 23.3 Å². The maximum absolute atomic E-state index is 4.96. The van der Waals surface area contributed by atoms with Gasteiger partial charge in [-0.1, -0.05) is 17.3 Å². The van der Waals surface area contributed by atoms with E-state index in [9.17, 15) is 0 Å². The lowest BCUT2D eigenvalue weighted by atomic mass is 9.92. The van der Waals surface area contributed by atoms with Gasteiger partial charge in [0.1, 0.15) is 6.26 Å². The molecule has 3 nitrogen and oxygen atoms in total. The van der Waals surface area contributed by atoms with Crippen LogP contribution in [0.4, 0.5) is 0 Å². The molecule has 0 unspecified atom stereocenters. The van der Waals surface area contributed by atoms with Crippen molar-refractivity contribution in [1.29, 1.82) is 0 Å². The van der Waals surface area contributed by atoms with Crippen molar-refractivity contribution in [3.8, 4) is 0 Å². The Kier molecular flexibility index (Phi) is 1.50. The Morgan fingerprint density at radius 3 is 3.36 bits per heavy atom. The van der Waals surface area contributed by atoms with E-state index in [-0.39, 0.29) is 0 Å². The zero-order valence-electron chi connectivity index (χ0n) is 7.47. The average Bonchev–Trinajstić information content (AvgIpc) is 2.55. The Balaban J connectivity index is 2.22. The first-order valence-electron chi connectivity index (χ1n) is 4.49. The van der Waals surface area contributed by atoms with E-state index in [0.29, 0.717) is 0 Å². The Hall–Kier alpha value is -1.90. The molecule has 0 aromatic carbocycles. The summed E-state index contributed by atoms with van der Waals surface area (Å²) in [5.74, 6) is 0. The zero-order chi connectivity index (χ0) is 9.38. The van der Waals surface area contributed by atoms with Gasteiger partial charge in [0.2, 0.25) is 0 Å². The summed E-state index contributed by atoms with van der Waals surface area (Å²) in [6.45, 7) is 0. The number of aromatic nitrogens is 1. The number of nitrogens with zero attached hydrogens (tertiary/aromatic N) is 2. The van der Waals surface area contributed by atoms with Crippen LogP contribution in [-0.2, 0) is 6.42 Å². The predicted octanol–water partition coefficient (Wildman–Crippen LogP) is 2.14. The summed E-state index contributed by atoms with van der Waals surface area (Å²) in [4.78, 5) is 4.15. The highest BCUT2D eigenvalue weighted by Crippen LogP contribution is 2.32. The van der Waals surface area contributed by atoms with Crippen molar-refractivity contribution in [1.82, 2.24) is 5.16 Å². The van der Waals surface area contributed by atoms with Gasteiger partial charge in [0.15, 0.2) is 0 Å². The molecule has 68 valence electrons. The largest absolute Gasteiger partial charge is 0.364 e. The third kappa shape index (κ3) is 0.988. The van der Waals surface area contributed by atoms with E-state index in [4.69, 9.17) is 4.52 Å². The van der Waals surface area contributed by atoms with Gasteiger partial charge in [-0.05, 0) is 11.6 Å². The number of hydrogen-bond donors (Lipinski definition) is 0. The molecule has 0 saturated carbocycles. The molecule has 1 aliphatic carbocycles. The first kappa shape index (κ1) is 7.50. The molecule has 3 heteroatoms. The highest BCUT2D eigenvalue weighted by atomic mass is 16.5. The van der Waals surface area contributed by atoms with Crippen LogP contribution in [0, 0.1) is 0 Å². The van der Waals surface area contributed by atoms with Crippen molar-refractivity contribution in [2.24, 2.45) is 4.99 Å². The standard InChI is InChI=1S/C11H8N2O/c1-2-8-3-4-11-10(7-14-13-11)9(8)6-12-5-1/h1-3,5-7H,4H2. The van der Waals surface area contributed by atoms with Gasteiger partial charge in [0, 0.05) is 30.0 Å². The smallest absolute Gasteiger partial charge is 0.132 e. The third-order valence-electron chi connectivity index (χ3n) is 2.41. The van der Waals surface area contributed by atoms with Gasteiger partial charge in [0.05, 0.1) is 5.69 Å². The molecule has 0 spiro atoms. The predicted molar refractivity (Wildman–Crippen MR) is 53.9 cm³/mol. The summed E-state index contributed by atoms with van der Waals surface area (Å²) in [6, 6.07) is 0. The lowest BCUT2D eigenvalue weighted by Gasteiger charge is -2.10. The summed E-state index contributed by atoms with van der Waals surface area (Å²) in [6.07, 6.45) is 12.3. The van der Waals surface area contributed by atoms with Gasteiger partial charge >= 0.3 is 0 Å². The minimum absolute atomic E-state index is 0.836. The fraction of sp³-hybridized carbons (Fsp3) is 0.0909. The highest BCUT2D eigenvalue weighted by Gasteiger charge is 2.18. The lowest BCUT2D eigenvalue weighted by Crippen LogP contribution is -1.98. The maximum atomic E-state index is 4.96. The van der Waals surface area contributed by atoms with E-state index in [1.54, 1.807) is 12.5 Å². The molecular formula is C11H8N2O. The second kappa shape index (κ2) is 2.80. The zero-order valence-corrected chi connectivity index (χ0v) is 7.47. The second-order valence-corrected chi connectivity index (χ2v) is 3.24. The van der Waals surface area contributed by atoms with Crippen LogP contribution in [0.3, 0.4) is 0 Å². The number of rotatable bonds is 0. The Morgan fingerprint density at radius 2 is 2.36 bits per heavy atom. The van der Waals surface area contributed by atoms with Gasteiger partial charge in [-0.2, -0.15) is 0 Å². The SMILES string of the molecule is C1=CC2=CCc3nocc3C2=CN=C1. The highest BCUT2D eigenvalue weighted by molar-refractivity contribution is 5.88. The molecule has 0 fully saturated rings. The van der Waals surface area contributed by atoms with Gasteiger partial charge in [-0.25, -0.2) is 0 Å². The van der Waals surface area contributed by atoms with E-state index in [2.05, 4.69) is 22.3 Å². The van der Waals surface area contributed by atoms with E-state index in [1.807, 2.05) is 12.3 Å². The Morgan fingerprint density at radius 1 is 1.36 bits per heavy atom. The van der Waals surface area contributed by atoms with E-state index in [1.165, 1.54) is 5.57 Å². The topological polar surface area (TPSA) is 38.4 Å². The van der Waals surface area contributed by atoms with Crippen LogP contribution in [0.5, 0.6) is 0 Å². The quantitative estimate of drug-likeness (QED) is 0.619. The first-order chi connectivity index (χ1) is 6.95.